The Labute approximate surface area is 86.1 Å². The normalized spacial score (nSPS) is 26.8. The Hall–Kier alpha value is -0.670. The molecule has 0 aliphatic carbocycles. The molecule has 1 heterocycles. The minimum Gasteiger partial charge on any atom is -0.307 e. The van der Waals surface area contributed by atoms with Gasteiger partial charge in [0.15, 0.2) is 0 Å². The standard InChI is InChI=1S/C10H10ClF2N/c11-9-2-1-6(12)3-8(9)10-4-7(13)5-14-10/h1-3,7,10,14H,4-5H2/t7-,10+/m0/s1. The van der Waals surface area contributed by atoms with Crippen LogP contribution in [0.4, 0.5) is 8.78 Å². The van der Waals surface area contributed by atoms with Crippen molar-refractivity contribution in [2.24, 2.45) is 0 Å². The first-order chi connectivity index (χ1) is 6.66. The van der Waals surface area contributed by atoms with E-state index in [9.17, 15) is 8.78 Å². The number of alkyl halides is 1. The summed E-state index contributed by atoms with van der Waals surface area (Å²) in [5.41, 5.74) is 0.645. The Morgan fingerprint density at radius 1 is 1.43 bits per heavy atom. The lowest BCUT2D eigenvalue weighted by Crippen LogP contribution is -2.14. The third-order valence-electron chi connectivity index (χ3n) is 2.41. The highest BCUT2D eigenvalue weighted by Crippen LogP contribution is 2.30. The molecule has 1 aliphatic heterocycles. The number of halogens is 3. The van der Waals surface area contributed by atoms with Gasteiger partial charge in [0.05, 0.1) is 0 Å². The van der Waals surface area contributed by atoms with Crippen LogP contribution in [0.3, 0.4) is 0 Å². The Morgan fingerprint density at radius 3 is 2.86 bits per heavy atom. The van der Waals surface area contributed by atoms with E-state index in [2.05, 4.69) is 5.32 Å². The predicted molar refractivity (Wildman–Crippen MR) is 51.7 cm³/mol. The van der Waals surface area contributed by atoms with E-state index in [0.29, 0.717) is 23.6 Å². The van der Waals surface area contributed by atoms with Crippen LogP contribution in [-0.4, -0.2) is 12.7 Å². The summed E-state index contributed by atoms with van der Waals surface area (Å²) in [6.45, 7) is 0.317. The van der Waals surface area contributed by atoms with Gasteiger partial charge in [0, 0.05) is 17.6 Å². The lowest BCUT2D eigenvalue weighted by molar-refractivity contribution is 0.356. The predicted octanol–water partition coefficient (Wildman–Crippen LogP) is 2.85. The fourth-order valence-corrected chi connectivity index (χ4v) is 1.96. The van der Waals surface area contributed by atoms with Crippen LogP contribution < -0.4 is 5.32 Å². The average molecular weight is 218 g/mol. The van der Waals surface area contributed by atoms with Gasteiger partial charge >= 0.3 is 0 Å². The molecule has 0 radical (unpaired) electrons. The maximum absolute atomic E-state index is 12.9. The molecule has 2 atom stereocenters. The molecule has 1 saturated heterocycles. The Balaban J connectivity index is 2.27. The van der Waals surface area contributed by atoms with E-state index in [1.165, 1.54) is 18.2 Å². The van der Waals surface area contributed by atoms with Crippen molar-refractivity contribution >= 4 is 11.6 Å². The molecule has 0 amide bonds. The quantitative estimate of drug-likeness (QED) is 0.763. The first-order valence-electron chi connectivity index (χ1n) is 4.49. The summed E-state index contributed by atoms with van der Waals surface area (Å²) in [6, 6.07) is 4.00. The van der Waals surface area contributed by atoms with Crippen LogP contribution in [0.1, 0.15) is 18.0 Å². The zero-order valence-electron chi connectivity index (χ0n) is 7.43. The second-order valence-electron chi connectivity index (χ2n) is 3.46. The van der Waals surface area contributed by atoms with Crippen LogP contribution in [-0.2, 0) is 0 Å². The second kappa shape index (κ2) is 3.83. The van der Waals surface area contributed by atoms with Gasteiger partial charge in [0.2, 0.25) is 0 Å². The third kappa shape index (κ3) is 1.88. The van der Waals surface area contributed by atoms with Gasteiger partial charge in [-0.15, -0.1) is 0 Å². The topological polar surface area (TPSA) is 12.0 Å². The molecule has 14 heavy (non-hydrogen) atoms. The monoisotopic (exact) mass is 217 g/mol. The van der Waals surface area contributed by atoms with E-state index < -0.39 is 6.17 Å². The maximum Gasteiger partial charge on any atom is 0.123 e. The molecule has 76 valence electrons. The smallest absolute Gasteiger partial charge is 0.123 e. The Kier molecular flexibility index (Phi) is 2.70. The van der Waals surface area contributed by atoms with Crippen molar-refractivity contribution in [3.05, 3.63) is 34.6 Å². The molecule has 1 aromatic rings. The van der Waals surface area contributed by atoms with Crippen LogP contribution in [0.25, 0.3) is 0 Å². The van der Waals surface area contributed by atoms with Crippen LogP contribution in [0.2, 0.25) is 5.02 Å². The van der Waals surface area contributed by atoms with Crippen molar-refractivity contribution in [3.8, 4) is 0 Å². The summed E-state index contributed by atoms with van der Waals surface area (Å²) >= 11 is 5.89. The van der Waals surface area contributed by atoms with Crippen LogP contribution in [0, 0.1) is 5.82 Å². The largest absolute Gasteiger partial charge is 0.307 e. The van der Waals surface area contributed by atoms with Gasteiger partial charge < -0.3 is 5.32 Å². The fraction of sp³-hybridized carbons (Fsp3) is 0.400. The number of benzene rings is 1. The van der Waals surface area contributed by atoms with E-state index in [-0.39, 0.29) is 11.9 Å². The SMILES string of the molecule is Fc1ccc(Cl)c([C@H]2C[C@H](F)CN2)c1. The number of rotatable bonds is 1. The van der Waals surface area contributed by atoms with Gasteiger partial charge in [-0.3, -0.25) is 0 Å². The molecule has 2 rings (SSSR count). The molecular formula is C10H10ClF2N. The lowest BCUT2D eigenvalue weighted by Gasteiger charge is -2.11. The van der Waals surface area contributed by atoms with E-state index >= 15 is 0 Å². The summed E-state index contributed by atoms with van der Waals surface area (Å²) in [5.74, 6) is -0.339. The first kappa shape index (κ1) is 9.87. The highest BCUT2D eigenvalue weighted by atomic mass is 35.5. The van der Waals surface area contributed by atoms with Crippen LogP contribution in [0.15, 0.2) is 18.2 Å². The number of hydrogen-bond donors (Lipinski definition) is 1. The molecule has 0 spiro atoms. The molecule has 1 fully saturated rings. The van der Waals surface area contributed by atoms with Gasteiger partial charge in [-0.25, -0.2) is 8.78 Å². The van der Waals surface area contributed by atoms with Gasteiger partial charge in [0.1, 0.15) is 12.0 Å². The molecule has 4 heteroatoms. The van der Waals surface area contributed by atoms with Crippen molar-refractivity contribution in [1.29, 1.82) is 0 Å². The zero-order chi connectivity index (χ0) is 10.1. The molecule has 0 saturated carbocycles. The fourth-order valence-electron chi connectivity index (χ4n) is 1.71. The summed E-state index contributed by atoms with van der Waals surface area (Å²) in [4.78, 5) is 0. The molecule has 1 N–H and O–H groups in total. The summed E-state index contributed by atoms with van der Waals surface area (Å²) in [5, 5.41) is 3.45. The van der Waals surface area contributed by atoms with Crippen molar-refractivity contribution in [3.63, 3.8) is 0 Å². The summed E-state index contributed by atoms with van der Waals surface area (Å²) in [7, 11) is 0. The molecular weight excluding hydrogens is 208 g/mol. The maximum atomic E-state index is 12.9. The van der Waals surface area contributed by atoms with Gasteiger partial charge in [-0.2, -0.15) is 0 Å². The molecule has 1 aliphatic rings. The first-order valence-corrected chi connectivity index (χ1v) is 4.87. The zero-order valence-corrected chi connectivity index (χ0v) is 8.19. The molecule has 0 bridgehead atoms. The van der Waals surface area contributed by atoms with Crippen molar-refractivity contribution in [1.82, 2.24) is 5.32 Å². The van der Waals surface area contributed by atoms with Gasteiger partial charge in [-0.05, 0) is 30.2 Å². The molecule has 1 nitrogen and oxygen atoms in total. The average Bonchev–Trinajstić information content (AvgIpc) is 2.56. The van der Waals surface area contributed by atoms with E-state index in [1.54, 1.807) is 0 Å². The van der Waals surface area contributed by atoms with E-state index in [0.717, 1.165) is 0 Å². The van der Waals surface area contributed by atoms with E-state index in [1.807, 2.05) is 0 Å². The Bertz CT molecular complexity index is 343. The minimum absolute atomic E-state index is 0.159. The second-order valence-corrected chi connectivity index (χ2v) is 3.87. The van der Waals surface area contributed by atoms with Crippen molar-refractivity contribution in [2.75, 3.05) is 6.54 Å². The van der Waals surface area contributed by atoms with Gasteiger partial charge in [-0.1, -0.05) is 11.6 Å². The van der Waals surface area contributed by atoms with Gasteiger partial charge in [0.25, 0.3) is 0 Å². The Morgan fingerprint density at radius 2 is 2.21 bits per heavy atom. The van der Waals surface area contributed by atoms with Crippen molar-refractivity contribution in [2.45, 2.75) is 18.6 Å². The van der Waals surface area contributed by atoms with Crippen LogP contribution in [0.5, 0.6) is 0 Å². The van der Waals surface area contributed by atoms with Crippen LogP contribution >= 0.6 is 11.6 Å². The third-order valence-corrected chi connectivity index (χ3v) is 2.75. The number of nitrogens with one attached hydrogen (secondary N) is 1. The lowest BCUT2D eigenvalue weighted by atomic mass is 10.0. The minimum atomic E-state index is -0.862. The van der Waals surface area contributed by atoms with E-state index in [4.69, 9.17) is 11.6 Å². The number of hydrogen-bond acceptors (Lipinski definition) is 1. The van der Waals surface area contributed by atoms with Crippen molar-refractivity contribution < 1.29 is 8.78 Å². The highest BCUT2D eigenvalue weighted by molar-refractivity contribution is 6.31. The molecule has 1 aromatic carbocycles. The highest BCUT2D eigenvalue weighted by Gasteiger charge is 2.26. The molecule has 0 unspecified atom stereocenters. The summed E-state index contributed by atoms with van der Waals surface area (Å²) in [6.07, 6.45) is -0.497. The molecule has 0 aromatic heterocycles. The summed E-state index contributed by atoms with van der Waals surface area (Å²) < 4.78 is 25.8.